The van der Waals surface area contributed by atoms with Crippen molar-refractivity contribution in [3.63, 3.8) is 0 Å². The fraction of sp³-hybridized carbons (Fsp3) is 0. The van der Waals surface area contributed by atoms with E-state index in [9.17, 15) is 14.9 Å². The van der Waals surface area contributed by atoms with Crippen LogP contribution in [0, 0.1) is 10.1 Å². The predicted molar refractivity (Wildman–Crippen MR) is 84.4 cm³/mol. The van der Waals surface area contributed by atoms with Gasteiger partial charge in [-0.2, -0.15) is 10.2 Å². The summed E-state index contributed by atoms with van der Waals surface area (Å²) in [6.07, 6.45) is 1.17. The smallest absolute Gasteiger partial charge is 0.400 e. The van der Waals surface area contributed by atoms with E-state index in [1.54, 1.807) is 6.07 Å². The second-order valence-corrected chi connectivity index (χ2v) is 4.67. The Morgan fingerprint density at radius 1 is 1.29 bits per heavy atom. The summed E-state index contributed by atoms with van der Waals surface area (Å²) in [5.41, 5.74) is 4.02. The van der Waals surface area contributed by atoms with Gasteiger partial charge in [-0.05, 0) is 12.1 Å². The van der Waals surface area contributed by atoms with Gasteiger partial charge in [0.2, 0.25) is 0 Å². The van der Waals surface area contributed by atoms with Gasteiger partial charge >= 0.3 is 5.88 Å². The molecule has 24 heavy (non-hydrogen) atoms. The molecule has 0 radical (unpaired) electrons. The average molecular weight is 325 g/mol. The van der Waals surface area contributed by atoms with Gasteiger partial charge in [0.15, 0.2) is 5.76 Å². The number of rotatable bonds is 5. The van der Waals surface area contributed by atoms with Crippen LogP contribution in [0.1, 0.15) is 16.2 Å². The summed E-state index contributed by atoms with van der Waals surface area (Å²) in [4.78, 5) is 21.8. The summed E-state index contributed by atoms with van der Waals surface area (Å²) in [5.74, 6) is -0.748. The first-order valence-electron chi connectivity index (χ1n) is 6.82. The third kappa shape index (κ3) is 3.35. The SMILES string of the molecule is O=C(N/N=C\c1ccc([N+](=O)[O-])o1)c1cc(-c2ccccc2)n[nH]1. The molecule has 0 aliphatic heterocycles. The molecule has 0 aliphatic carbocycles. The number of carbonyl (C=O) groups excluding carboxylic acids is 1. The van der Waals surface area contributed by atoms with E-state index in [2.05, 4.69) is 20.7 Å². The minimum atomic E-state index is -0.661. The zero-order valence-electron chi connectivity index (χ0n) is 12.2. The summed E-state index contributed by atoms with van der Waals surface area (Å²) in [7, 11) is 0. The molecule has 120 valence electrons. The third-order valence-corrected chi connectivity index (χ3v) is 3.04. The molecule has 3 aromatic rings. The van der Waals surface area contributed by atoms with E-state index >= 15 is 0 Å². The second-order valence-electron chi connectivity index (χ2n) is 4.67. The lowest BCUT2D eigenvalue weighted by atomic mass is 10.1. The number of H-pyrrole nitrogens is 1. The predicted octanol–water partition coefficient (Wildman–Crippen LogP) is 2.34. The van der Waals surface area contributed by atoms with Crippen molar-refractivity contribution >= 4 is 18.0 Å². The van der Waals surface area contributed by atoms with Crippen molar-refractivity contribution in [2.45, 2.75) is 0 Å². The molecule has 1 aromatic carbocycles. The van der Waals surface area contributed by atoms with Crippen LogP contribution < -0.4 is 5.43 Å². The van der Waals surface area contributed by atoms with Crippen molar-refractivity contribution in [2.75, 3.05) is 0 Å². The van der Waals surface area contributed by atoms with Crippen LogP contribution in [0.5, 0.6) is 0 Å². The lowest BCUT2D eigenvalue weighted by Crippen LogP contribution is -2.17. The van der Waals surface area contributed by atoms with Crippen molar-refractivity contribution < 1.29 is 14.1 Å². The number of aromatic amines is 1. The number of nitrogens with zero attached hydrogens (tertiary/aromatic N) is 3. The summed E-state index contributed by atoms with van der Waals surface area (Å²) in [6, 6.07) is 13.5. The number of hydrogen-bond acceptors (Lipinski definition) is 6. The fourth-order valence-corrected chi connectivity index (χ4v) is 1.92. The highest BCUT2D eigenvalue weighted by atomic mass is 16.6. The van der Waals surface area contributed by atoms with Crippen molar-refractivity contribution in [3.8, 4) is 11.3 Å². The van der Waals surface area contributed by atoms with Gasteiger partial charge in [0.25, 0.3) is 5.91 Å². The molecule has 2 N–H and O–H groups in total. The zero-order chi connectivity index (χ0) is 16.9. The van der Waals surface area contributed by atoms with Gasteiger partial charge < -0.3 is 4.42 Å². The van der Waals surface area contributed by atoms with Crippen molar-refractivity contribution in [1.29, 1.82) is 0 Å². The minimum Gasteiger partial charge on any atom is -0.400 e. The van der Waals surface area contributed by atoms with Crippen LogP contribution in [0.15, 0.2) is 58.0 Å². The van der Waals surface area contributed by atoms with E-state index < -0.39 is 16.7 Å². The molecule has 3 rings (SSSR count). The molecule has 0 spiro atoms. The van der Waals surface area contributed by atoms with Gasteiger partial charge in [0.1, 0.15) is 10.6 Å². The van der Waals surface area contributed by atoms with Gasteiger partial charge in [-0.1, -0.05) is 30.3 Å². The first-order chi connectivity index (χ1) is 11.6. The maximum Gasteiger partial charge on any atom is 0.433 e. The highest BCUT2D eigenvalue weighted by Gasteiger charge is 2.12. The lowest BCUT2D eigenvalue weighted by Gasteiger charge is -1.94. The number of benzene rings is 1. The number of carbonyl (C=O) groups is 1. The monoisotopic (exact) mass is 325 g/mol. The molecule has 0 atom stereocenters. The summed E-state index contributed by atoms with van der Waals surface area (Å²) < 4.78 is 4.87. The third-order valence-electron chi connectivity index (χ3n) is 3.04. The molecule has 0 unspecified atom stereocenters. The largest absolute Gasteiger partial charge is 0.433 e. The highest BCUT2D eigenvalue weighted by molar-refractivity contribution is 5.93. The van der Waals surface area contributed by atoms with Crippen LogP contribution in [-0.4, -0.2) is 27.2 Å². The molecule has 1 amide bonds. The Morgan fingerprint density at radius 3 is 2.79 bits per heavy atom. The highest BCUT2D eigenvalue weighted by Crippen LogP contribution is 2.17. The van der Waals surface area contributed by atoms with E-state index in [0.717, 1.165) is 5.56 Å². The van der Waals surface area contributed by atoms with Crippen LogP contribution in [0.25, 0.3) is 11.3 Å². The Hall–Kier alpha value is -3.75. The van der Waals surface area contributed by atoms with Crippen LogP contribution in [-0.2, 0) is 0 Å². The van der Waals surface area contributed by atoms with E-state index in [0.29, 0.717) is 5.69 Å². The van der Waals surface area contributed by atoms with Gasteiger partial charge in [-0.3, -0.25) is 20.0 Å². The summed E-state index contributed by atoms with van der Waals surface area (Å²) in [6.45, 7) is 0. The molecule has 0 bridgehead atoms. The van der Waals surface area contributed by atoms with E-state index in [-0.39, 0.29) is 11.5 Å². The number of amides is 1. The number of aromatic nitrogens is 2. The number of hydrogen-bond donors (Lipinski definition) is 2. The van der Waals surface area contributed by atoms with Gasteiger partial charge in [0.05, 0.1) is 18.0 Å². The Balaban J connectivity index is 1.64. The molecular weight excluding hydrogens is 314 g/mol. The van der Waals surface area contributed by atoms with Crippen LogP contribution in [0.3, 0.4) is 0 Å². The maximum atomic E-state index is 12.0. The maximum absolute atomic E-state index is 12.0. The topological polar surface area (TPSA) is 126 Å². The van der Waals surface area contributed by atoms with Crippen LogP contribution in [0.2, 0.25) is 0 Å². The van der Waals surface area contributed by atoms with E-state index in [1.807, 2.05) is 30.3 Å². The minimum absolute atomic E-state index is 0.150. The average Bonchev–Trinajstić information content (AvgIpc) is 3.25. The number of nitro groups is 1. The summed E-state index contributed by atoms with van der Waals surface area (Å²) in [5, 5.41) is 20.9. The molecular formula is C15H11N5O4. The fourth-order valence-electron chi connectivity index (χ4n) is 1.92. The quantitative estimate of drug-likeness (QED) is 0.423. The molecule has 2 aromatic heterocycles. The lowest BCUT2D eigenvalue weighted by molar-refractivity contribution is -0.402. The second kappa shape index (κ2) is 6.57. The normalized spacial score (nSPS) is 10.8. The molecule has 0 fully saturated rings. The van der Waals surface area contributed by atoms with E-state index in [1.165, 1.54) is 18.3 Å². The van der Waals surface area contributed by atoms with Gasteiger partial charge in [-0.25, -0.2) is 5.43 Å². The standard InChI is InChI=1S/C15H11N5O4/c21-15(19-16-9-11-6-7-14(24-11)20(22)23)13-8-12(17-18-13)10-4-2-1-3-5-10/h1-9H,(H,17,18)(H,19,21)/b16-9-. The molecule has 9 nitrogen and oxygen atoms in total. The molecule has 0 saturated heterocycles. The number of hydrazone groups is 1. The molecule has 2 heterocycles. The van der Waals surface area contributed by atoms with Gasteiger partial charge in [-0.15, -0.1) is 0 Å². The zero-order valence-corrected chi connectivity index (χ0v) is 12.2. The molecule has 0 aliphatic rings. The number of furan rings is 1. The first kappa shape index (κ1) is 15.2. The Morgan fingerprint density at radius 2 is 2.08 bits per heavy atom. The Labute approximate surface area is 135 Å². The van der Waals surface area contributed by atoms with Crippen LogP contribution in [0.4, 0.5) is 5.88 Å². The Kier molecular flexibility index (Phi) is 4.15. The van der Waals surface area contributed by atoms with E-state index in [4.69, 9.17) is 4.42 Å². The van der Waals surface area contributed by atoms with Crippen molar-refractivity contribution in [1.82, 2.24) is 15.6 Å². The Bertz CT molecular complexity index is 897. The first-order valence-corrected chi connectivity index (χ1v) is 6.82. The molecule has 0 saturated carbocycles. The number of nitrogens with one attached hydrogen (secondary N) is 2. The summed E-state index contributed by atoms with van der Waals surface area (Å²) >= 11 is 0. The van der Waals surface area contributed by atoms with Crippen LogP contribution >= 0.6 is 0 Å². The van der Waals surface area contributed by atoms with Gasteiger partial charge in [0, 0.05) is 5.56 Å². The molecule has 9 heteroatoms. The van der Waals surface area contributed by atoms with Crippen molar-refractivity contribution in [2.24, 2.45) is 5.10 Å². The van der Waals surface area contributed by atoms with Crippen molar-refractivity contribution in [3.05, 3.63) is 70.1 Å².